The second-order valence-electron chi connectivity index (χ2n) is 7.75. The van der Waals surface area contributed by atoms with Gasteiger partial charge in [-0.25, -0.2) is 9.29 Å². The van der Waals surface area contributed by atoms with Crippen molar-refractivity contribution in [3.05, 3.63) is 89.7 Å². The third-order valence-corrected chi connectivity index (χ3v) is 5.66. The topological polar surface area (TPSA) is 76.1 Å². The van der Waals surface area contributed by atoms with Crippen molar-refractivity contribution in [3.63, 3.8) is 0 Å². The molecule has 0 spiro atoms. The highest BCUT2D eigenvalue weighted by atomic mass is 19.1. The van der Waals surface area contributed by atoms with E-state index >= 15 is 0 Å². The van der Waals surface area contributed by atoms with E-state index in [-0.39, 0.29) is 25.3 Å². The highest BCUT2D eigenvalue weighted by Crippen LogP contribution is 2.34. The van der Waals surface area contributed by atoms with Crippen LogP contribution < -0.4 is 14.4 Å². The van der Waals surface area contributed by atoms with Gasteiger partial charge in [-0.2, -0.15) is 0 Å². The Kier molecular flexibility index (Phi) is 5.26. The molecular formula is C25H19FN2O5. The van der Waals surface area contributed by atoms with Crippen LogP contribution in [-0.4, -0.2) is 35.5 Å². The molecule has 7 nitrogen and oxygen atoms in total. The number of para-hydroxylation sites is 1. The first kappa shape index (κ1) is 20.7. The van der Waals surface area contributed by atoms with E-state index in [0.717, 1.165) is 4.90 Å². The Hall–Kier alpha value is -4.20. The maximum Gasteiger partial charge on any atom is 0.257 e. The van der Waals surface area contributed by atoms with Crippen molar-refractivity contribution in [2.24, 2.45) is 0 Å². The minimum atomic E-state index is -0.999. The van der Waals surface area contributed by atoms with Crippen LogP contribution in [0.25, 0.3) is 0 Å². The van der Waals surface area contributed by atoms with Gasteiger partial charge in [0.15, 0.2) is 11.5 Å². The number of fused-ring (bicyclic) bond motifs is 1. The molecule has 5 rings (SSSR count). The fourth-order valence-corrected chi connectivity index (χ4v) is 4.03. The van der Waals surface area contributed by atoms with Crippen LogP contribution in [0, 0.1) is 5.82 Å². The van der Waals surface area contributed by atoms with Gasteiger partial charge in [0.2, 0.25) is 12.7 Å². The predicted molar refractivity (Wildman–Crippen MR) is 116 cm³/mol. The van der Waals surface area contributed by atoms with Gasteiger partial charge >= 0.3 is 0 Å². The van der Waals surface area contributed by atoms with E-state index in [9.17, 15) is 18.8 Å². The van der Waals surface area contributed by atoms with E-state index in [4.69, 9.17) is 9.47 Å². The summed E-state index contributed by atoms with van der Waals surface area (Å²) in [5.41, 5.74) is 1.37. The summed E-state index contributed by atoms with van der Waals surface area (Å²) >= 11 is 0. The molecule has 2 heterocycles. The zero-order valence-electron chi connectivity index (χ0n) is 17.4. The first-order valence-corrected chi connectivity index (χ1v) is 10.4. The van der Waals surface area contributed by atoms with Crippen molar-refractivity contribution in [1.29, 1.82) is 0 Å². The number of rotatable bonds is 5. The van der Waals surface area contributed by atoms with Crippen molar-refractivity contribution >= 4 is 23.4 Å². The number of benzene rings is 3. The molecule has 0 saturated carbocycles. The summed E-state index contributed by atoms with van der Waals surface area (Å²) in [6.07, 6.45) is -0.148. The standard InChI is InChI=1S/C25H19FN2O5/c26-18-9-7-17(8-10-18)24(30)27(14-16-6-11-21-22(12-16)33-15-32-21)20-13-23(29)28(25(20)31)19-4-2-1-3-5-19/h1-12,20H,13-15H2. The Morgan fingerprint density at radius 2 is 1.70 bits per heavy atom. The van der Waals surface area contributed by atoms with Crippen LogP contribution in [0.15, 0.2) is 72.8 Å². The summed E-state index contributed by atoms with van der Waals surface area (Å²) in [7, 11) is 0. The van der Waals surface area contributed by atoms with E-state index in [1.54, 1.807) is 48.5 Å². The summed E-state index contributed by atoms with van der Waals surface area (Å²) in [6, 6.07) is 17.9. The number of carbonyl (C=O) groups excluding carboxylic acids is 3. The number of hydrogen-bond donors (Lipinski definition) is 0. The number of carbonyl (C=O) groups is 3. The Balaban J connectivity index is 1.49. The molecule has 8 heteroatoms. The number of halogens is 1. The summed E-state index contributed by atoms with van der Waals surface area (Å²) in [5.74, 6) is -0.690. The third-order valence-electron chi connectivity index (χ3n) is 5.66. The number of ether oxygens (including phenoxy) is 2. The fraction of sp³-hybridized carbons (Fsp3) is 0.160. The minimum absolute atomic E-state index is 0.0547. The lowest BCUT2D eigenvalue weighted by Crippen LogP contribution is -2.45. The molecule has 3 amide bonds. The van der Waals surface area contributed by atoms with Crippen LogP contribution in [0.4, 0.5) is 10.1 Å². The van der Waals surface area contributed by atoms with Crippen molar-refractivity contribution in [2.45, 2.75) is 19.0 Å². The second-order valence-corrected chi connectivity index (χ2v) is 7.75. The smallest absolute Gasteiger partial charge is 0.257 e. The first-order valence-electron chi connectivity index (χ1n) is 10.4. The normalized spacial score (nSPS) is 16.9. The zero-order chi connectivity index (χ0) is 22.9. The Labute approximate surface area is 188 Å². The monoisotopic (exact) mass is 446 g/mol. The lowest BCUT2D eigenvalue weighted by Gasteiger charge is -2.28. The molecule has 1 unspecified atom stereocenters. The second kappa shape index (κ2) is 8.38. The lowest BCUT2D eigenvalue weighted by atomic mass is 10.1. The maximum absolute atomic E-state index is 13.4. The molecule has 166 valence electrons. The highest BCUT2D eigenvalue weighted by Gasteiger charge is 2.44. The van der Waals surface area contributed by atoms with Gasteiger partial charge in [0, 0.05) is 12.1 Å². The van der Waals surface area contributed by atoms with E-state index in [1.165, 1.54) is 29.2 Å². The van der Waals surface area contributed by atoms with Gasteiger partial charge in [-0.15, -0.1) is 0 Å². The van der Waals surface area contributed by atoms with Gasteiger partial charge in [0.25, 0.3) is 11.8 Å². The maximum atomic E-state index is 13.4. The van der Waals surface area contributed by atoms with Gasteiger partial charge in [-0.05, 0) is 54.1 Å². The van der Waals surface area contributed by atoms with Gasteiger partial charge < -0.3 is 14.4 Å². The summed E-state index contributed by atoms with van der Waals surface area (Å²) in [6.45, 7) is 0.165. The molecule has 3 aromatic carbocycles. The molecule has 3 aromatic rings. The van der Waals surface area contributed by atoms with Crippen molar-refractivity contribution in [2.75, 3.05) is 11.7 Å². The van der Waals surface area contributed by atoms with Gasteiger partial charge in [0.05, 0.1) is 12.1 Å². The van der Waals surface area contributed by atoms with E-state index in [2.05, 4.69) is 0 Å². The molecule has 2 aliphatic heterocycles. The Morgan fingerprint density at radius 1 is 0.970 bits per heavy atom. The summed E-state index contributed by atoms with van der Waals surface area (Å²) in [4.78, 5) is 42.0. The molecule has 0 aliphatic carbocycles. The molecule has 0 radical (unpaired) electrons. The molecule has 0 bridgehead atoms. The van der Waals surface area contributed by atoms with Crippen LogP contribution in [0.2, 0.25) is 0 Å². The molecule has 0 N–H and O–H groups in total. The first-order chi connectivity index (χ1) is 16.0. The molecule has 0 aromatic heterocycles. The Bertz CT molecular complexity index is 1230. The number of anilines is 1. The van der Waals surface area contributed by atoms with Crippen molar-refractivity contribution < 1.29 is 28.2 Å². The summed E-state index contributed by atoms with van der Waals surface area (Å²) in [5, 5.41) is 0. The van der Waals surface area contributed by atoms with Crippen molar-refractivity contribution in [1.82, 2.24) is 4.90 Å². The predicted octanol–water partition coefficient (Wildman–Crippen LogP) is 3.53. The van der Waals surface area contributed by atoms with Gasteiger partial charge in [-0.1, -0.05) is 24.3 Å². The average Bonchev–Trinajstić information content (AvgIpc) is 3.41. The summed E-state index contributed by atoms with van der Waals surface area (Å²) < 4.78 is 24.2. The average molecular weight is 446 g/mol. The number of nitrogens with zero attached hydrogens (tertiary/aromatic N) is 2. The van der Waals surface area contributed by atoms with Crippen LogP contribution in [-0.2, 0) is 16.1 Å². The number of imide groups is 1. The van der Waals surface area contributed by atoms with E-state index < -0.39 is 29.6 Å². The van der Waals surface area contributed by atoms with E-state index in [0.29, 0.717) is 22.7 Å². The lowest BCUT2D eigenvalue weighted by molar-refractivity contribution is -0.122. The van der Waals surface area contributed by atoms with Crippen LogP contribution >= 0.6 is 0 Å². The van der Waals surface area contributed by atoms with Gasteiger partial charge in [-0.3, -0.25) is 14.4 Å². The minimum Gasteiger partial charge on any atom is -0.454 e. The molecule has 33 heavy (non-hydrogen) atoms. The molecule has 2 aliphatic rings. The molecular weight excluding hydrogens is 427 g/mol. The molecule has 1 saturated heterocycles. The van der Waals surface area contributed by atoms with E-state index in [1.807, 2.05) is 0 Å². The Morgan fingerprint density at radius 3 is 2.45 bits per heavy atom. The third kappa shape index (κ3) is 3.91. The van der Waals surface area contributed by atoms with Crippen LogP contribution in [0.1, 0.15) is 22.3 Å². The highest BCUT2D eigenvalue weighted by molar-refractivity contribution is 6.23. The number of amides is 3. The largest absolute Gasteiger partial charge is 0.454 e. The zero-order valence-corrected chi connectivity index (χ0v) is 17.4. The molecule has 1 atom stereocenters. The molecule has 1 fully saturated rings. The quantitative estimate of drug-likeness (QED) is 0.561. The van der Waals surface area contributed by atoms with Crippen molar-refractivity contribution in [3.8, 4) is 11.5 Å². The van der Waals surface area contributed by atoms with Gasteiger partial charge in [0.1, 0.15) is 11.9 Å². The van der Waals surface area contributed by atoms with Crippen LogP contribution in [0.3, 0.4) is 0 Å². The van der Waals surface area contributed by atoms with Crippen LogP contribution in [0.5, 0.6) is 11.5 Å². The number of hydrogen-bond acceptors (Lipinski definition) is 5. The fourth-order valence-electron chi connectivity index (χ4n) is 4.03. The SMILES string of the molecule is O=C1CC(N(Cc2ccc3c(c2)OCO3)C(=O)c2ccc(F)cc2)C(=O)N1c1ccccc1.